The van der Waals surface area contributed by atoms with Crippen molar-refractivity contribution < 1.29 is 4.74 Å². The average Bonchev–Trinajstić information content (AvgIpc) is 2.82. The van der Waals surface area contributed by atoms with Gasteiger partial charge in [-0.2, -0.15) is 0 Å². The van der Waals surface area contributed by atoms with E-state index in [1.165, 1.54) is 11.8 Å². The Bertz CT molecular complexity index is 708. The van der Waals surface area contributed by atoms with Crippen LogP contribution in [0.5, 0.6) is 5.75 Å². The molecule has 0 fully saturated rings. The van der Waals surface area contributed by atoms with Crippen LogP contribution in [-0.4, -0.2) is 22.1 Å². The van der Waals surface area contributed by atoms with Gasteiger partial charge in [-0.25, -0.2) is 9.97 Å². The van der Waals surface area contributed by atoms with Gasteiger partial charge in [0.1, 0.15) is 11.6 Å². The third kappa shape index (κ3) is 2.48. The van der Waals surface area contributed by atoms with Gasteiger partial charge in [0, 0.05) is 17.2 Å². The summed E-state index contributed by atoms with van der Waals surface area (Å²) in [6.07, 6.45) is 1.73. The molecule has 0 aliphatic heterocycles. The minimum atomic E-state index is 0.513. The van der Waals surface area contributed by atoms with E-state index in [0.29, 0.717) is 5.82 Å². The number of ether oxygens (including phenoxy) is 1. The third-order valence-corrected chi connectivity index (χ3v) is 3.50. The van der Waals surface area contributed by atoms with E-state index < -0.39 is 0 Å². The number of anilines is 1. The lowest BCUT2D eigenvalue weighted by atomic mass is 10.3. The van der Waals surface area contributed by atoms with Crippen LogP contribution in [0, 0.1) is 0 Å². The summed E-state index contributed by atoms with van der Waals surface area (Å²) >= 11 is 1.51. The number of rotatable bonds is 3. The predicted octanol–water partition coefficient (Wildman–Crippen LogP) is 2.70. The van der Waals surface area contributed by atoms with Crippen LogP contribution in [0.4, 0.5) is 5.82 Å². The van der Waals surface area contributed by atoms with Crippen molar-refractivity contribution in [1.29, 1.82) is 0 Å². The third-order valence-electron chi connectivity index (χ3n) is 2.64. The van der Waals surface area contributed by atoms with Crippen LogP contribution >= 0.6 is 11.8 Å². The van der Waals surface area contributed by atoms with Crippen molar-refractivity contribution in [2.24, 2.45) is 0 Å². The van der Waals surface area contributed by atoms with Crippen LogP contribution in [0.15, 0.2) is 46.6 Å². The lowest BCUT2D eigenvalue weighted by molar-refractivity contribution is 0.415. The maximum absolute atomic E-state index is 5.56. The van der Waals surface area contributed by atoms with E-state index in [2.05, 4.69) is 15.0 Å². The highest BCUT2D eigenvalue weighted by Crippen LogP contribution is 2.28. The van der Waals surface area contributed by atoms with Gasteiger partial charge in [-0.05, 0) is 24.3 Å². The molecule has 96 valence electrons. The number of imidazole rings is 1. The molecule has 3 rings (SSSR count). The van der Waals surface area contributed by atoms with Gasteiger partial charge in [0.25, 0.3) is 0 Å². The van der Waals surface area contributed by atoms with E-state index in [1.54, 1.807) is 19.4 Å². The molecule has 3 aromatic rings. The summed E-state index contributed by atoms with van der Waals surface area (Å²) < 4.78 is 5.18. The second kappa shape index (κ2) is 4.81. The number of aromatic nitrogens is 3. The van der Waals surface area contributed by atoms with Gasteiger partial charge < -0.3 is 15.5 Å². The fourth-order valence-corrected chi connectivity index (χ4v) is 2.47. The SMILES string of the molecule is COc1ccc2nc(Sc3ccc(N)nc3)[nH]c2c1. The molecule has 3 N–H and O–H groups in total. The van der Waals surface area contributed by atoms with Gasteiger partial charge in [-0.3, -0.25) is 0 Å². The second-order valence-corrected chi connectivity index (χ2v) is 5.01. The molecule has 5 nitrogen and oxygen atoms in total. The largest absolute Gasteiger partial charge is 0.497 e. The number of nitrogens with two attached hydrogens (primary N) is 1. The van der Waals surface area contributed by atoms with Crippen molar-refractivity contribution in [3.05, 3.63) is 36.5 Å². The number of nitrogens with zero attached hydrogens (tertiary/aromatic N) is 2. The van der Waals surface area contributed by atoms with Crippen LogP contribution in [0.2, 0.25) is 0 Å². The number of nitrogens with one attached hydrogen (secondary N) is 1. The molecule has 6 heteroatoms. The molecule has 0 saturated heterocycles. The Morgan fingerprint density at radius 2 is 2.16 bits per heavy atom. The summed E-state index contributed by atoms with van der Waals surface area (Å²) in [4.78, 5) is 12.8. The van der Waals surface area contributed by atoms with Gasteiger partial charge >= 0.3 is 0 Å². The monoisotopic (exact) mass is 272 g/mol. The van der Waals surface area contributed by atoms with Gasteiger partial charge in [0.2, 0.25) is 0 Å². The van der Waals surface area contributed by atoms with E-state index >= 15 is 0 Å². The highest BCUT2D eigenvalue weighted by atomic mass is 32.2. The summed E-state index contributed by atoms with van der Waals surface area (Å²) in [5.74, 6) is 1.32. The summed E-state index contributed by atoms with van der Waals surface area (Å²) in [5, 5.41) is 0.815. The van der Waals surface area contributed by atoms with Gasteiger partial charge in [-0.15, -0.1) is 0 Å². The predicted molar refractivity (Wildman–Crippen MR) is 75.4 cm³/mol. The Morgan fingerprint density at radius 3 is 2.89 bits per heavy atom. The topological polar surface area (TPSA) is 76.8 Å². The van der Waals surface area contributed by atoms with Crippen molar-refractivity contribution in [3.8, 4) is 5.75 Å². The van der Waals surface area contributed by atoms with E-state index in [0.717, 1.165) is 26.8 Å². The molecular formula is C13H12N4OS. The Kier molecular flexibility index (Phi) is 3.00. The smallest absolute Gasteiger partial charge is 0.171 e. The van der Waals surface area contributed by atoms with Crippen LogP contribution in [0.3, 0.4) is 0 Å². The highest BCUT2D eigenvalue weighted by molar-refractivity contribution is 7.99. The lowest BCUT2D eigenvalue weighted by Crippen LogP contribution is -1.88. The molecular weight excluding hydrogens is 260 g/mol. The molecule has 19 heavy (non-hydrogen) atoms. The fraction of sp³-hybridized carbons (Fsp3) is 0.0769. The van der Waals surface area contributed by atoms with Gasteiger partial charge in [0.15, 0.2) is 5.16 Å². The zero-order chi connectivity index (χ0) is 13.2. The molecule has 2 heterocycles. The summed E-state index contributed by atoms with van der Waals surface area (Å²) in [6.45, 7) is 0. The zero-order valence-electron chi connectivity index (χ0n) is 10.3. The fourth-order valence-electron chi connectivity index (χ4n) is 1.70. The number of hydrogen-bond acceptors (Lipinski definition) is 5. The van der Waals surface area contributed by atoms with Crippen molar-refractivity contribution in [2.75, 3.05) is 12.8 Å². The molecule has 0 unspecified atom stereocenters. The Hall–Kier alpha value is -2.21. The number of aromatic amines is 1. The number of H-pyrrole nitrogens is 1. The maximum Gasteiger partial charge on any atom is 0.171 e. The van der Waals surface area contributed by atoms with Crippen LogP contribution < -0.4 is 10.5 Å². The van der Waals surface area contributed by atoms with Crippen molar-refractivity contribution >= 4 is 28.6 Å². The number of methoxy groups -OCH3 is 1. The second-order valence-electron chi connectivity index (χ2n) is 3.95. The quantitative estimate of drug-likeness (QED) is 0.766. The molecule has 0 bridgehead atoms. The van der Waals surface area contributed by atoms with Crippen LogP contribution in [0.1, 0.15) is 0 Å². The van der Waals surface area contributed by atoms with Crippen molar-refractivity contribution in [1.82, 2.24) is 15.0 Å². The number of hydrogen-bond donors (Lipinski definition) is 2. The number of benzene rings is 1. The Labute approximate surface area is 114 Å². The van der Waals surface area contributed by atoms with Gasteiger partial charge in [-0.1, -0.05) is 11.8 Å². The normalized spacial score (nSPS) is 10.8. The number of fused-ring (bicyclic) bond motifs is 1. The maximum atomic E-state index is 5.56. The first kappa shape index (κ1) is 11.9. The van der Waals surface area contributed by atoms with Gasteiger partial charge in [0.05, 0.1) is 18.1 Å². The van der Waals surface area contributed by atoms with E-state index in [4.69, 9.17) is 10.5 Å². The van der Waals surface area contributed by atoms with E-state index in [9.17, 15) is 0 Å². The minimum Gasteiger partial charge on any atom is -0.497 e. The standard InChI is InChI=1S/C13H12N4OS/c1-18-8-2-4-10-11(6-8)17-13(16-10)19-9-3-5-12(14)15-7-9/h2-7H,1H3,(H2,14,15)(H,16,17). The minimum absolute atomic E-state index is 0.513. The summed E-state index contributed by atoms with van der Waals surface area (Å²) in [6, 6.07) is 9.43. The highest BCUT2D eigenvalue weighted by Gasteiger charge is 2.06. The number of nitrogen functional groups attached to an aromatic ring is 1. The summed E-state index contributed by atoms with van der Waals surface area (Å²) in [7, 11) is 1.65. The van der Waals surface area contributed by atoms with E-state index in [1.807, 2.05) is 24.3 Å². The van der Waals surface area contributed by atoms with E-state index in [-0.39, 0.29) is 0 Å². The molecule has 2 aromatic heterocycles. The Balaban J connectivity index is 1.90. The first-order chi connectivity index (χ1) is 9.24. The molecule has 0 amide bonds. The van der Waals surface area contributed by atoms with Crippen molar-refractivity contribution in [2.45, 2.75) is 10.1 Å². The number of pyridine rings is 1. The average molecular weight is 272 g/mol. The lowest BCUT2D eigenvalue weighted by Gasteiger charge is -1.97. The molecule has 0 saturated carbocycles. The zero-order valence-corrected chi connectivity index (χ0v) is 11.1. The molecule has 1 aromatic carbocycles. The van der Waals surface area contributed by atoms with Crippen LogP contribution in [-0.2, 0) is 0 Å². The molecule has 0 spiro atoms. The molecule has 0 radical (unpaired) electrons. The first-order valence-corrected chi connectivity index (χ1v) is 6.49. The summed E-state index contributed by atoms with van der Waals surface area (Å²) in [5.41, 5.74) is 7.41. The Morgan fingerprint density at radius 1 is 1.26 bits per heavy atom. The molecule has 0 atom stereocenters. The molecule has 0 aliphatic carbocycles. The first-order valence-electron chi connectivity index (χ1n) is 5.68. The van der Waals surface area contributed by atoms with Crippen LogP contribution in [0.25, 0.3) is 11.0 Å². The van der Waals surface area contributed by atoms with Crippen molar-refractivity contribution in [3.63, 3.8) is 0 Å². The molecule has 0 aliphatic rings.